The first kappa shape index (κ1) is 13.3. The highest BCUT2D eigenvalue weighted by Gasteiger charge is 2.26. The van der Waals surface area contributed by atoms with E-state index < -0.39 is 0 Å². The molecule has 1 aromatic rings. The Hall–Kier alpha value is -1.09. The van der Waals surface area contributed by atoms with E-state index in [0.29, 0.717) is 17.9 Å². The molecule has 1 aliphatic rings. The molecular weight excluding hydrogens is 229 g/mol. The van der Waals surface area contributed by atoms with Gasteiger partial charge in [0.2, 0.25) is 0 Å². The molecule has 0 atom stereocenters. The van der Waals surface area contributed by atoms with Crippen LogP contribution in [0.15, 0.2) is 18.2 Å². The maximum atomic E-state index is 14.0. The van der Waals surface area contributed by atoms with Crippen LogP contribution >= 0.6 is 0 Å². The molecule has 1 aliphatic carbocycles. The average Bonchev–Trinajstić information content (AvgIpc) is 2.38. The van der Waals surface area contributed by atoms with E-state index in [0.717, 1.165) is 0 Å². The molecule has 1 saturated carbocycles. The van der Waals surface area contributed by atoms with Gasteiger partial charge in [-0.25, -0.2) is 4.39 Å². The zero-order valence-electron chi connectivity index (χ0n) is 11.3. The molecule has 2 rings (SSSR count). The molecule has 0 spiro atoms. The predicted octanol–water partition coefficient (Wildman–Crippen LogP) is 3.65. The summed E-state index contributed by atoms with van der Waals surface area (Å²) in [5.74, 6) is 0.0787. The maximum Gasteiger partial charge on any atom is 0.169 e. The van der Waals surface area contributed by atoms with Gasteiger partial charge in [0.15, 0.2) is 11.6 Å². The van der Waals surface area contributed by atoms with Gasteiger partial charge in [-0.2, -0.15) is 0 Å². The van der Waals surface area contributed by atoms with Crippen molar-refractivity contribution in [3.63, 3.8) is 0 Å². The summed E-state index contributed by atoms with van der Waals surface area (Å²) in [6.45, 7) is 2.81. The van der Waals surface area contributed by atoms with Gasteiger partial charge >= 0.3 is 0 Å². The molecule has 0 heterocycles. The monoisotopic (exact) mass is 251 g/mol. The summed E-state index contributed by atoms with van der Waals surface area (Å²) < 4.78 is 19.0. The van der Waals surface area contributed by atoms with Gasteiger partial charge in [0.05, 0.1) is 7.11 Å². The average molecular weight is 251 g/mol. The highest BCUT2D eigenvalue weighted by Crippen LogP contribution is 2.28. The topological polar surface area (TPSA) is 21.3 Å². The summed E-state index contributed by atoms with van der Waals surface area (Å²) in [5, 5.41) is 3.51. The van der Waals surface area contributed by atoms with Crippen LogP contribution in [0.2, 0.25) is 0 Å². The molecule has 0 bridgehead atoms. The molecule has 1 aromatic carbocycles. The first-order chi connectivity index (χ1) is 8.64. The number of methoxy groups -OCH3 is 1. The Kier molecular flexibility index (Phi) is 4.23. The number of hydrogen-bond donors (Lipinski definition) is 1. The number of ether oxygens (including phenoxy) is 1. The number of benzene rings is 1. The molecule has 1 N–H and O–H groups in total. The third-order valence-electron chi connectivity index (χ3n) is 3.93. The fraction of sp³-hybridized carbons (Fsp3) is 0.600. The third-order valence-corrected chi connectivity index (χ3v) is 3.93. The molecule has 0 unspecified atom stereocenters. The van der Waals surface area contributed by atoms with Crippen molar-refractivity contribution in [1.82, 2.24) is 5.32 Å². The van der Waals surface area contributed by atoms with Crippen molar-refractivity contribution in [2.75, 3.05) is 7.11 Å². The Morgan fingerprint density at radius 3 is 2.67 bits per heavy atom. The van der Waals surface area contributed by atoms with Crippen LogP contribution in [0.3, 0.4) is 0 Å². The number of hydrogen-bond acceptors (Lipinski definition) is 2. The van der Waals surface area contributed by atoms with E-state index in [1.54, 1.807) is 6.07 Å². The van der Waals surface area contributed by atoms with Gasteiger partial charge in [-0.05, 0) is 25.8 Å². The number of nitrogens with one attached hydrogen (secondary N) is 1. The summed E-state index contributed by atoms with van der Waals surface area (Å²) >= 11 is 0. The molecule has 0 aliphatic heterocycles. The van der Waals surface area contributed by atoms with Crippen molar-refractivity contribution in [2.45, 2.75) is 51.1 Å². The highest BCUT2D eigenvalue weighted by molar-refractivity contribution is 5.31. The molecular formula is C15H22FNO. The molecule has 100 valence electrons. The van der Waals surface area contributed by atoms with Crippen LogP contribution in [0, 0.1) is 5.82 Å². The lowest BCUT2D eigenvalue weighted by Crippen LogP contribution is -2.43. The van der Waals surface area contributed by atoms with Crippen LogP contribution in [0.5, 0.6) is 5.75 Å². The Labute approximate surface area is 109 Å². The van der Waals surface area contributed by atoms with Crippen molar-refractivity contribution < 1.29 is 9.13 Å². The first-order valence-electron chi connectivity index (χ1n) is 6.71. The van der Waals surface area contributed by atoms with Crippen molar-refractivity contribution in [3.05, 3.63) is 29.6 Å². The minimum absolute atomic E-state index is 0.160. The van der Waals surface area contributed by atoms with Crippen LogP contribution in [0.25, 0.3) is 0 Å². The quantitative estimate of drug-likeness (QED) is 0.882. The van der Waals surface area contributed by atoms with E-state index >= 15 is 0 Å². The van der Waals surface area contributed by atoms with Gasteiger partial charge in [-0.3, -0.25) is 0 Å². The van der Waals surface area contributed by atoms with Gasteiger partial charge in [-0.1, -0.05) is 31.4 Å². The minimum atomic E-state index is -0.244. The van der Waals surface area contributed by atoms with Crippen molar-refractivity contribution in [2.24, 2.45) is 0 Å². The smallest absolute Gasteiger partial charge is 0.169 e. The second-order valence-electron chi connectivity index (χ2n) is 5.41. The van der Waals surface area contributed by atoms with Crippen LogP contribution in [0.4, 0.5) is 4.39 Å². The summed E-state index contributed by atoms with van der Waals surface area (Å²) in [7, 11) is 1.50. The molecule has 0 saturated heterocycles. The predicted molar refractivity (Wildman–Crippen MR) is 71.3 cm³/mol. The maximum absolute atomic E-state index is 14.0. The van der Waals surface area contributed by atoms with Crippen LogP contribution in [-0.2, 0) is 6.54 Å². The molecule has 0 radical (unpaired) electrons. The van der Waals surface area contributed by atoms with E-state index in [2.05, 4.69) is 12.2 Å². The fourth-order valence-corrected chi connectivity index (χ4v) is 2.67. The molecule has 0 amide bonds. The lowest BCUT2D eigenvalue weighted by molar-refractivity contribution is 0.251. The van der Waals surface area contributed by atoms with Gasteiger partial charge in [0.25, 0.3) is 0 Å². The Bertz CT molecular complexity index is 399. The van der Waals surface area contributed by atoms with Gasteiger partial charge in [0, 0.05) is 17.6 Å². The second-order valence-corrected chi connectivity index (χ2v) is 5.41. The SMILES string of the molecule is COc1cccc(CNC2(C)CCCCC2)c1F. The van der Waals surface area contributed by atoms with Crippen LogP contribution < -0.4 is 10.1 Å². The van der Waals surface area contributed by atoms with E-state index in [1.807, 2.05) is 12.1 Å². The van der Waals surface area contributed by atoms with Crippen LogP contribution in [0.1, 0.15) is 44.6 Å². The van der Waals surface area contributed by atoms with E-state index in [9.17, 15) is 4.39 Å². The van der Waals surface area contributed by atoms with Gasteiger partial charge in [0.1, 0.15) is 0 Å². The summed E-state index contributed by atoms with van der Waals surface area (Å²) in [6.07, 6.45) is 6.22. The Balaban J connectivity index is 2.01. The lowest BCUT2D eigenvalue weighted by Gasteiger charge is -2.35. The molecule has 2 nitrogen and oxygen atoms in total. The second kappa shape index (κ2) is 5.70. The van der Waals surface area contributed by atoms with Gasteiger partial charge < -0.3 is 10.1 Å². The summed E-state index contributed by atoms with van der Waals surface area (Å²) in [5.41, 5.74) is 0.842. The standard InChI is InChI=1S/C15H22FNO/c1-15(9-4-3-5-10-15)17-11-12-7-6-8-13(18-2)14(12)16/h6-8,17H,3-5,9-11H2,1-2H3. The fourth-order valence-electron chi connectivity index (χ4n) is 2.67. The number of halogens is 1. The molecule has 18 heavy (non-hydrogen) atoms. The Morgan fingerprint density at radius 2 is 2.00 bits per heavy atom. The zero-order chi connectivity index (χ0) is 13.0. The van der Waals surface area contributed by atoms with E-state index in [4.69, 9.17) is 4.74 Å². The van der Waals surface area contributed by atoms with Crippen molar-refractivity contribution in [1.29, 1.82) is 0 Å². The minimum Gasteiger partial charge on any atom is -0.494 e. The van der Waals surface area contributed by atoms with E-state index in [1.165, 1.54) is 39.2 Å². The summed E-state index contributed by atoms with van der Waals surface area (Å²) in [6, 6.07) is 5.31. The largest absolute Gasteiger partial charge is 0.494 e. The molecule has 0 aromatic heterocycles. The van der Waals surface area contributed by atoms with Crippen LogP contribution in [-0.4, -0.2) is 12.6 Å². The van der Waals surface area contributed by atoms with Gasteiger partial charge in [-0.15, -0.1) is 0 Å². The van der Waals surface area contributed by atoms with Crippen molar-refractivity contribution in [3.8, 4) is 5.75 Å². The number of rotatable bonds is 4. The summed E-state index contributed by atoms with van der Waals surface area (Å²) in [4.78, 5) is 0. The Morgan fingerprint density at radius 1 is 1.28 bits per heavy atom. The zero-order valence-corrected chi connectivity index (χ0v) is 11.3. The van der Waals surface area contributed by atoms with E-state index in [-0.39, 0.29) is 11.4 Å². The first-order valence-corrected chi connectivity index (χ1v) is 6.71. The normalized spacial score (nSPS) is 18.6. The lowest BCUT2D eigenvalue weighted by atomic mass is 9.83. The third kappa shape index (κ3) is 3.02. The highest BCUT2D eigenvalue weighted by atomic mass is 19.1. The van der Waals surface area contributed by atoms with Crippen molar-refractivity contribution >= 4 is 0 Å². The molecule has 3 heteroatoms. The molecule has 1 fully saturated rings.